The molecule has 0 radical (unpaired) electrons. The number of methoxy groups -OCH3 is 1. The Morgan fingerprint density at radius 1 is 1.32 bits per heavy atom. The first-order valence-electron chi connectivity index (χ1n) is 6.16. The number of rotatable bonds is 4. The van der Waals surface area contributed by atoms with Crippen LogP contribution in [0.4, 0.5) is 0 Å². The van der Waals surface area contributed by atoms with Crippen molar-refractivity contribution in [1.82, 2.24) is 9.78 Å². The van der Waals surface area contributed by atoms with E-state index < -0.39 is 0 Å². The van der Waals surface area contributed by atoms with E-state index >= 15 is 0 Å². The van der Waals surface area contributed by atoms with Gasteiger partial charge in [0.05, 0.1) is 25.0 Å². The number of nitrogens with two attached hydrogens (primary N) is 1. The summed E-state index contributed by atoms with van der Waals surface area (Å²) < 4.78 is 7.33. The fourth-order valence-electron chi connectivity index (χ4n) is 2.08. The number of nitrogens with zero attached hydrogens (tertiary/aromatic N) is 2. The van der Waals surface area contributed by atoms with Crippen molar-refractivity contribution in [3.8, 4) is 17.0 Å². The molecule has 0 aliphatic heterocycles. The van der Waals surface area contributed by atoms with Crippen LogP contribution in [0, 0.1) is 13.8 Å². The van der Waals surface area contributed by atoms with E-state index in [0.717, 1.165) is 28.3 Å². The second-order valence-corrected chi connectivity index (χ2v) is 4.89. The highest BCUT2D eigenvalue weighted by molar-refractivity contribution is 6.31. The highest BCUT2D eigenvalue weighted by Crippen LogP contribution is 2.34. The van der Waals surface area contributed by atoms with Gasteiger partial charge in [-0.1, -0.05) is 11.6 Å². The average molecular weight is 280 g/mol. The van der Waals surface area contributed by atoms with Gasteiger partial charge in [0.1, 0.15) is 5.75 Å². The van der Waals surface area contributed by atoms with Crippen LogP contribution in [-0.4, -0.2) is 23.4 Å². The molecule has 0 aliphatic rings. The lowest BCUT2D eigenvalue weighted by Crippen LogP contribution is -2.12. The van der Waals surface area contributed by atoms with Crippen molar-refractivity contribution >= 4 is 11.6 Å². The summed E-state index contributed by atoms with van der Waals surface area (Å²) in [4.78, 5) is 0. The smallest absolute Gasteiger partial charge is 0.128 e. The molecule has 1 aromatic carbocycles. The van der Waals surface area contributed by atoms with Crippen molar-refractivity contribution in [1.29, 1.82) is 0 Å². The predicted octanol–water partition coefficient (Wildman–Crippen LogP) is 2.79. The first-order chi connectivity index (χ1) is 9.06. The minimum atomic E-state index is 0.538. The van der Waals surface area contributed by atoms with Crippen LogP contribution < -0.4 is 10.5 Å². The summed E-state index contributed by atoms with van der Waals surface area (Å²) in [7, 11) is 1.66. The van der Waals surface area contributed by atoms with E-state index in [0.29, 0.717) is 18.1 Å². The number of halogens is 1. The highest BCUT2D eigenvalue weighted by atomic mass is 35.5. The zero-order valence-corrected chi connectivity index (χ0v) is 12.2. The lowest BCUT2D eigenvalue weighted by molar-refractivity contribution is 0.415. The molecule has 0 saturated heterocycles. The summed E-state index contributed by atoms with van der Waals surface area (Å²) in [5.41, 5.74) is 9.47. The maximum atomic E-state index is 6.22. The minimum absolute atomic E-state index is 0.538. The summed E-state index contributed by atoms with van der Waals surface area (Å²) in [6.45, 7) is 5.11. The van der Waals surface area contributed by atoms with Gasteiger partial charge in [-0.2, -0.15) is 5.10 Å². The average Bonchev–Trinajstić information content (AvgIpc) is 2.73. The Morgan fingerprint density at radius 3 is 2.68 bits per heavy atom. The Bertz CT molecular complexity index is 593. The zero-order valence-electron chi connectivity index (χ0n) is 11.4. The molecule has 0 aliphatic carbocycles. The van der Waals surface area contributed by atoms with Gasteiger partial charge in [0.25, 0.3) is 0 Å². The molecule has 4 nitrogen and oxygen atoms in total. The lowest BCUT2D eigenvalue weighted by Gasteiger charge is -2.12. The summed E-state index contributed by atoms with van der Waals surface area (Å²) in [6, 6.07) is 5.87. The molecule has 0 bridgehead atoms. The number of benzene rings is 1. The van der Waals surface area contributed by atoms with Gasteiger partial charge >= 0.3 is 0 Å². The van der Waals surface area contributed by atoms with E-state index in [4.69, 9.17) is 22.1 Å². The van der Waals surface area contributed by atoms with Gasteiger partial charge in [-0.15, -0.1) is 0 Å². The second kappa shape index (κ2) is 5.63. The van der Waals surface area contributed by atoms with Gasteiger partial charge < -0.3 is 10.5 Å². The number of aromatic nitrogens is 2. The maximum Gasteiger partial charge on any atom is 0.128 e. The van der Waals surface area contributed by atoms with Gasteiger partial charge in [0, 0.05) is 17.1 Å². The molecule has 102 valence electrons. The van der Waals surface area contributed by atoms with Crippen molar-refractivity contribution < 1.29 is 4.74 Å². The summed E-state index contributed by atoms with van der Waals surface area (Å²) >= 11 is 6.22. The molecule has 0 amide bonds. The van der Waals surface area contributed by atoms with Crippen molar-refractivity contribution in [2.45, 2.75) is 20.4 Å². The zero-order chi connectivity index (χ0) is 14.0. The largest absolute Gasteiger partial charge is 0.496 e. The third-order valence-corrected chi connectivity index (χ3v) is 3.41. The number of hydrogen-bond donors (Lipinski definition) is 1. The van der Waals surface area contributed by atoms with E-state index in [1.165, 1.54) is 0 Å². The minimum Gasteiger partial charge on any atom is -0.496 e. The van der Waals surface area contributed by atoms with E-state index in [1.807, 2.05) is 36.7 Å². The molecule has 2 aromatic rings. The first kappa shape index (κ1) is 13.9. The van der Waals surface area contributed by atoms with Crippen molar-refractivity contribution in [3.63, 3.8) is 0 Å². The van der Waals surface area contributed by atoms with Crippen LogP contribution in [0.2, 0.25) is 5.02 Å². The second-order valence-electron chi connectivity index (χ2n) is 4.48. The van der Waals surface area contributed by atoms with Gasteiger partial charge in [0.2, 0.25) is 0 Å². The summed E-state index contributed by atoms with van der Waals surface area (Å²) in [5.74, 6) is 0.792. The van der Waals surface area contributed by atoms with Crippen molar-refractivity contribution in [3.05, 3.63) is 34.5 Å². The monoisotopic (exact) mass is 279 g/mol. The van der Waals surface area contributed by atoms with Crippen LogP contribution in [0.1, 0.15) is 11.3 Å². The number of hydrogen-bond acceptors (Lipinski definition) is 3. The molecular formula is C14H18ClN3O. The first-order valence-corrected chi connectivity index (χ1v) is 6.53. The molecule has 0 saturated carbocycles. The molecule has 2 N–H and O–H groups in total. The third kappa shape index (κ3) is 2.74. The normalized spacial score (nSPS) is 10.8. The predicted molar refractivity (Wildman–Crippen MR) is 77.8 cm³/mol. The van der Waals surface area contributed by atoms with Crippen LogP contribution in [-0.2, 0) is 6.54 Å². The summed E-state index contributed by atoms with van der Waals surface area (Å²) in [6.07, 6.45) is 0. The van der Waals surface area contributed by atoms with Crippen molar-refractivity contribution in [2.24, 2.45) is 5.73 Å². The fourth-order valence-corrected chi connectivity index (χ4v) is 2.24. The van der Waals surface area contributed by atoms with E-state index in [2.05, 4.69) is 5.10 Å². The Kier molecular flexibility index (Phi) is 4.12. The Balaban J connectivity index is 2.60. The van der Waals surface area contributed by atoms with Crippen LogP contribution in [0.3, 0.4) is 0 Å². The van der Waals surface area contributed by atoms with Gasteiger partial charge in [-0.05, 0) is 37.6 Å². The molecule has 0 spiro atoms. The van der Waals surface area contributed by atoms with Gasteiger partial charge in [-0.25, -0.2) is 0 Å². The molecule has 0 unspecified atom stereocenters. The molecule has 2 rings (SSSR count). The molecular weight excluding hydrogens is 262 g/mol. The van der Waals surface area contributed by atoms with Crippen molar-refractivity contribution in [2.75, 3.05) is 13.7 Å². The van der Waals surface area contributed by atoms with E-state index in [1.54, 1.807) is 7.11 Å². The molecule has 5 heteroatoms. The standard InChI is InChI=1S/C14H18ClN3O/c1-9-6-14(19-3)11(8-12(9)15)13-7-10(2)17-18(13)5-4-16/h6-8H,4-5,16H2,1-3H3. The molecule has 0 atom stereocenters. The van der Waals surface area contributed by atoms with E-state index in [-0.39, 0.29) is 0 Å². The van der Waals surface area contributed by atoms with Crippen LogP contribution in [0.5, 0.6) is 5.75 Å². The lowest BCUT2D eigenvalue weighted by atomic mass is 10.1. The maximum absolute atomic E-state index is 6.22. The Morgan fingerprint density at radius 2 is 2.05 bits per heavy atom. The molecule has 0 fully saturated rings. The molecule has 1 aromatic heterocycles. The molecule has 19 heavy (non-hydrogen) atoms. The fraction of sp³-hybridized carbons (Fsp3) is 0.357. The summed E-state index contributed by atoms with van der Waals surface area (Å²) in [5, 5.41) is 5.16. The number of aryl methyl sites for hydroxylation is 2. The van der Waals surface area contributed by atoms with Gasteiger partial charge in [-0.3, -0.25) is 4.68 Å². The van der Waals surface area contributed by atoms with Crippen LogP contribution in [0.15, 0.2) is 18.2 Å². The highest BCUT2D eigenvalue weighted by Gasteiger charge is 2.14. The molecule has 1 heterocycles. The third-order valence-electron chi connectivity index (χ3n) is 3.00. The Hall–Kier alpha value is -1.52. The van der Waals surface area contributed by atoms with E-state index in [9.17, 15) is 0 Å². The number of ether oxygens (including phenoxy) is 1. The van der Waals surface area contributed by atoms with Crippen LogP contribution >= 0.6 is 11.6 Å². The SMILES string of the molecule is COc1cc(C)c(Cl)cc1-c1cc(C)nn1CCN. The quantitative estimate of drug-likeness (QED) is 0.936. The Labute approximate surface area is 118 Å². The van der Waals surface area contributed by atoms with Gasteiger partial charge in [0.15, 0.2) is 0 Å². The van der Waals surface area contributed by atoms with Crippen LogP contribution in [0.25, 0.3) is 11.3 Å². The topological polar surface area (TPSA) is 53.1 Å².